The van der Waals surface area contributed by atoms with Gasteiger partial charge < -0.3 is 9.84 Å². The first kappa shape index (κ1) is 13.7. The highest BCUT2D eigenvalue weighted by Crippen LogP contribution is 2.39. The van der Waals surface area contributed by atoms with Gasteiger partial charge in [0.05, 0.1) is 12.1 Å². The van der Waals surface area contributed by atoms with E-state index in [1.807, 2.05) is 19.1 Å². The fourth-order valence-corrected chi connectivity index (χ4v) is 3.30. The summed E-state index contributed by atoms with van der Waals surface area (Å²) in [6.45, 7) is 6.90. The number of halogens is 1. The van der Waals surface area contributed by atoms with Crippen LogP contribution in [0.3, 0.4) is 0 Å². The highest BCUT2D eigenvalue weighted by Gasteiger charge is 2.42. The van der Waals surface area contributed by atoms with Crippen LogP contribution >= 0.6 is 11.8 Å². The minimum Gasteiger partial charge on any atom is -0.508 e. The van der Waals surface area contributed by atoms with E-state index >= 15 is 0 Å². The molecule has 18 heavy (non-hydrogen) atoms. The Bertz CT molecular complexity index is 434. The number of phenols is 1. The lowest BCUT2D eigenvalue weighted by atomic mass is 9.68. The Labute approximate surface area is 113 Å². The van der Waals surface area contributed by atoms with Crippen LogP contribution in [0.1, 0.15) is 31.9 Å². The van der Waals surface area contributed by atoms with Crippen molar-refractivity contribution in [1.29, 1.82) is 0 Å². The van der Waals surface area contributed by atoms with E-state index in [1.54, 1.807) is 6.07 Å². The SMILES string of the molecule is CCOC1Cc2ccc(O)cc2C(C)(C)C1NCl. The van der Waals surface area contributed by atoms with Gasteiger partial charge in [-0.2, -0.15) is 0 Å². The lowest BCUT2D eigenvalue weighted by molar-refractivity contribution is 0.0151. The molecule has 2 atom stereocenters. The molecule has 0 spiro atoms. The minimum absolute atomic E-state index is 0.0217. The average molecular weight is 270 g/mol. The van der Waals surface area contributed by atoms with Gasteiger partial charge in [-0.25, -0.2) is 4.84 Å². The number of aromatic hydroxyl groups is 1. The minimum atomic E-state index is -0.187. The summed E-state index contributed by atoms with van der Waals surface area (Å²) in [5.41, 5.74) is 2.17. The largest absolute Gasteiger partial charge is 0.508 e. The predicted octanol–water partition coefficient (Wildman–Crippen LogP) is 2.74. The number of nitrogens with one attached hydrogen (secondary N) is 1. The van der Waals surface area contributed by atoms with Crippen molar-refractivity contribution in [3.63, 3.8) is 0 Å². The molecule has 1 aliphatic rings. The molecule has 0 amide bonds. The quantitative estimate of drug-likeness (QED) is 0.829. The van der Waals surface area contributed by atoms with E-state index in [0.717, 1.165) is 12.0 Å². The van der Waals surface area contributed by atoms with Gasteiger partial charge in [-0.15, -0.1) is 0 Å². The van der Waals surface area contributed by atoms with E-state index in [1.165, 1.54) is 5.56 Å². The molecule has 0 fully saturated rings. The first-order valence-corrected chi connectivity index (χ1v) is 6.68. The molecule has 0 saturated heterocycles. The maximum absolute atomic E-state index is 9.66. The molecule has 0 saturated carbocycles. The smallest absolute Gasteiger partial charge is 0.115 e. The fraction of sp³-hybridized carbons (Fsp3) is 0.571. The summed E-state index contributed by atoms with van der Waals surface area (Å²) in [4.78, 5) is 2.86. The molecule has 0 radical (unpaired) electrons. The average Bonchev–Trinajstić information content (AvgIpc) is 2.31. The van der Waals surface area contributed by atoms with E-state index in [-0.39, 0.29) is 17.6 Å². The number of benzene rings is 1. The third-order valence-electron chi connectivity index (χ3n) is 3.86. The summed E-state index contributed by atoms with van der Waals surface area (Å²) in [6.07, 6.45) is 0.872. The highest BCUT2D eigenvalue weighted by molar-refractivity contribution is 6.13. The molecule has 100 valence electrons. The zero-order valence-corrected chi connectivity index (χ0v) is 11.8. The molecule has 2 unspecified atom stereocenters. The standard InChI is InChI=1S/C14H20ClNO2/c1-4-18-12-7-9-5-6-10(17)8-11(9)14(2,3)13(12)16-15/h5-6,8,12-13,16-17H,4,7H2,1-3H3. The van der Waals surface area contributed by atoms with Gasteiger partial charge in [0.1, 0.15) is 5.75 Å². The van der Waals surface area contributed by atoms with Gasteiger partial charge in [-0.05, 0) is 42.0 Å². The lowest BCUT2D eigenvalue weighted by Crippen LogP contribution is -2.54. The van der Waals surface area contributed by atoms with Crippen LogP contribution in [0.15, 0.2) is 18.2 Å². The van der Waals surface area contributed by atoms with Crippen molar-refractivity contribution in [3.8, 4) is 5.75 Å². The van der Waals surface area contributed by atoms with Gasteiger partial charge in [-0.1, -0.05) is 19.9 Å². The van der Waals surface area contributed by atoms with Crippen LogP contribution in [-0.2, 0) is 16.6 Å². The monoisotopic (exact) mass is 269 g/mol. The molecule has 3 nitrogen and oxygen atoms in total. The Morgan fingerprint density at radius 1 is 1.50 bits per heavy atom. The molecule has 2 N–H and O–H groups in total. The van der Waals surface area contributed by atoms with Crippen LogP contribution in [0, 0.1) is 0 Å². The molecule has 0 aromatic heterocycles. The van der Waals surface area contributed by atoms with Crippen LogP contribution in [-0.4, -0.2) is 23.9 Å². The topological polar surface area (TPSA) is 41.5 Å². The van der Waals surface area contributed by atoms with Crippen LogP contribution in [0.4, 0.5) is 0 Å². The maximum Gasteiger partial charge on any atom is 0.115 e. The van der Waals surface area contributed by atoms with Crippen molar-refractivity contribution in [2.75, 3.05) is 6.61 Å². The van der Waals surface area contributed by atoms with E-state index < -0.39 is 0 Å². The molecule has 0 heterocycles. The van der Waals surface area contributed by atoms with Gasteiger partial charge in [0.2, 0.25) is 0 Å². The molecule has 0 bridgehead atoms. The van der Waals surface area contributed by atoms with E-state index in [0.29, 0.717) is 12.4 Å². The van der Waals surface area contributed by atoms with Crippen molar-refractivity contribution >= 4 is 11.8 Å². The summed E-state index contributed by atoms with van der Waals surface area (Å²) in [5.74, 6) is 0.296. The molecule has 0 aliphatic heterocycles. The Morgan fingerprint density at radius 3 is 2.83 bits per heavy atom. The van der Waals surface area contributed by atoms with Gasteiger partial charge in [0.25, 0.3) is 0 Å². The summed E-state index contributed by atoms with van der Waals surface area (Å²) in [5, 5.41) is 9.66. The summed E-state index contributed by atoms with van der Waals surface area (Å²) >= 11 is 5.91. The normalized spacial score (nSPS) is 25.8. The number of rotatable bonds is 3. The van der Waals surface area contributed by atoms with Gasteiger partial charge in [-0.3, -0.25) is 0 Å². The van der Waals surface area contributed by atoms with E-state index in [2.05, 4.69) is 18.7 Å². The molecule has 1 aliphatic carbocycles. The molecule has 2 rings (SSSR count). The van der Waals surface area contributed by atoms with E-state index in [9.17, 15) is 5.11 Å². The second-order valence-electron chi connectivity index (χ2n) is 5.35. The van der Waals surface area contributed by atoms with Crippen LogP contribution < -0.4 is 4.84 Å². The van der Waals surface area contributed by atoms with Crippen LogP contribution in [0.25, 0.3) is 0 Å². The molecule has 1 aromatic rings. The van der Waals surface area contributed by atoms with Gasteiger partial charge in [0, 0.05) is 18.4 Å². The number of fused-ring (bicyclic) bond motifs is 1. The summed E-state index contributed by atoms with van der Waals surface area (Å²) in [7, 11) is 0. The van der Waals surface area contributed by atoms with Crippen molar-refractivity contribution in [2.45, 2.75) is 44.8 Å². The lowest BCUT2D eigenvalue weighted by Gasteiger charge is -2.44. The fourth-order valence-electron chi connectivity index (χ4n) is 2.88. The first-order valence-electron chi connectivity index (χ1n) is 6.30. The van der Waals surface area contributed by atoms with Crippen molar-refractivity contribution < 1.29 is 9.84 Å². The van der Waals surface area contributed by atoms with Gasteiger partial charge >= 0.3 is 0 Å². The predicted molar refractivity (Wildman–Crippen MR) is 73.0 cm³/mol. The number of hydrogen-bond donors (Lipinski definition) is 2. The number of ether oxygens (including phenoxy) is 1. The molecule has 4 heteroatoms. The second kappa shape index (κ2) is 5.08. The van der Waals surface area contributed by atoms with Gasteiger partial charge in [0.15, 0.2) is 0 Å². The Kier molecular flexibility index (Phi) is 3.85. The Morgan fingerprint density at radius 2 is 2.22 bits per heavy atom. The first-order chi connectivity index (χ1) is 8.50. The van der Waals surface area contributed by atoms with Crippen LogP contribution in [0.5, 0.6) is 5.75 Å². The summed E-state index contributed by atoms with van der Waals surface area (Å²) < 4.78 is 5.80. The van der Waals surface area contributed by atoms with Crippen molar-refractivity contribution in [3.05, 3.63) is 29.3 Å². The highest BCUT2D eigenvalue weighted by atomic mass is 35.5. The molecular formula is C14H20ClNO2. The number of phenolic OH excluding ortho intramolecular Hbond substituents is 1. The zero-order chi connectivity index (χ0) is 13.3. The van der Waals surface area contributed by atoms with Crippen molar-refractivity contribution in [2.24, 2.45) is 0 Å². The van der Waals surface area contributed by atoms with Crippen molar-refractivity contribution in [1.82, 2.24) is 4.84 Å². The molecule has 1 aromatic carbocycles. The zero-order valence-electron chi connectivity index (χ0n) is 11.0. The Balaban J connectivity index is 2.46. The third kappa shape index (κ3) is 2.22. The third-order valence-corrected chi connectivity index (χ3v) is 4.09. The second-order valence-corrected chi connectivity index (χ2v) is 5.57. The molecular weight excluding hydrogens is 250 g/mol. The Hall–Kier alpha value is -0.770. The number of hydrogen-bond acceptors (Lipinski definition) is 3. The van der Waals surface area contributed by atoms with E-state index in [4.69, 9.17) is 16.5 Å². The van der Waals surface area contributed by atoms with Crippen LogP contribution in [0.2, 0.25) is 0 Å². The maximum atomic E-state index is 9.66. The summed E-state index contributed by atoms with van der Waals surface area (Å²) in [6, 6.07) is 5.56.